The van der Waals surface area contributed by atoms with Crippen LogP contribution in [0.3, 0.4) is 0 Å². The standard InChI is InChI=1S/C13H17N5O2/c1-8(2)20-11-6-4-5-10(7-11)9(3)14-13(19)12-15-17-18-16-12/h4-9H,1-3H3,(H,14,19)(H,15,16,17,18). The number of carbonyl (C=O) groups excluding carboxylic acids is 1. The third-order valence-electron chi connectivity index (χ3n) is 2.63. The molecule has 0 bridgehead atoms. The van der Waals surface area contributed by atoms with Gasteiger partial charge in [0.1, 0.15) is 5.75 Å². The van der Waals surface area contributed by atoms with E-state index in [0.717, 1.165) is 11.3 Å². The Hall–Kier alpha value is -2.44. The van der Waals surface area contributed by atoms with Crippen molar-refractivity contribution in [3.63, 3.8) is 0 Å². The maximum Gasteiger partial charge on any atom is 0.293 e. The molecule has 2 rings (SSSR count). The highest BCUT2D eigenvalue weighted by atomic mass is 16.5. The molecule has 0 spiro atoms. The van der Waals surface area contributed by atoms with Crippen molar-refractivity contribution in [2.75, 3.05) is 0 Å². The number of ether oxygens (including phenoxy) is 1. The Kier molecular flexibility index (Phi) is 4.29. The van der Waals surface area contributed by atoms with Crippen molar-refractivity contribution in [1.29, 1.82) is 0 Å². The maximum atomic E-state index is 11.8. The fourth-order valence-corrected chi connectivity index (χ4v) is 1.73. The van der Waals surface area contributed by atoms with Crippen LogP contribution in [-0.2, 0) is 0 Å². The molecule has 1 unspecified atom stereocenters. The topological polar surface area (TPSA) is 92.8 Å². The van der Waals surface area contributed by atoms with Gasteiger partial charge in [0.2, 0.25) is 0 Å². The first kappa shape index (κ1) is 14.0. The first-order valence-electron chi connectivity index (χ1n) is 6.37. The molecule has 20 heavy (non-hydrogen) atoms. The molecule has 1 atom stereocenters. The Morgan fingerprint density at radius 1 is 1.35 bits per heavy atom. The molecule has 0 aliphatic heterocycles. The van der Waals surface area contributed by atoms with Gasteiger partial charge in [-0.05, 0) is 43.7 Å². The summed E-state index contributed by atoms with van der Waals surface area (Å²) in [6.07, 6.45) is 0.106. The molecule has 7 nitrogen and oxygen atoms in total. The van der Waals surface area contributed by atoms with Crippen LogP contribution in [0.1, 0.15) is 43.0 Å². The van der Waals surface area contributed by atoms with Crippen LogP contribution in [0.25, 0.3) is 0 Å². The third-order valence-corrected chi connectivity index (χ3v) is 2.63. The summed E-state index contributed by atoms with van der Waals surface area (Å²) in [6.45, 7) is 5.81. The van der Waals surface area contributed by atoms with Crippen LogP contribution in [0.4, 0.5) is 0 Å². The summed E-state index contributed by atoms with van der Waals surface area (Å²) in [5.41, 5.74) is 0.944. The number of aromatic nitrogens is 4. The van der Waals surface area contributed by atoms with Gasteiger partial charge in [-0.25, -0.2) is 0 Å². The van der Waals surface area contributed by atoms with E-state index in [2.05, 4.69) is 25.9 Å². The Balaban J connectivity index is 2.05. The van der Waals surface area contributed by atoms with Crippen molar-refractivity contribution < 1.29 is 9.53 Å². The van der Waals surface area contributed by atoms with Crippen molar-refractivity contribution in [3.8, 4) is 5.75 Å². The molecule has 0 saturated heterocycles. The summed E-state index contributed by atoms with van der Waals surface area (Å²) < 4.78 is 5.63. The average Bonchev–Trinajstić information content (AvgIpc) is 2.92. The summed E-state index contributed by atoms with van der Waals surface area (Å²) in [5.74, 6) is 0.422. The van der Waals surface area contributed by atoms with Crippen molar-refractivity contribution in [2.45, 2.75) is 32.9 Å². The molecule has 1 aromatic carbocycles. The van der Waals surface area contributed by atoms with Crippen molar-refractivity contribution >= 4 is 5.91 Å². The second-order valence-corrected chi connectivity index (χ2v) is 4.67. The highest BCUT2D eigenvalue weighted by Gasteiger charge is 2.15. The SMILES string of the molecule is CC(C)Oc1cccc(C(C)NC(=O)c2nn[nH]n2)c1. The molecule has 106 valence electrons. The molecular formula is C13H17N5O2. The smallest absolute Gasteiger partial charge is 0.293 e. The van der Waals surface area contributed by atoms with Crippen LogP contribution in [0.2, 0.25) is 0 Å². The lowest BCUT2D eigenvalue weighted by molar-refractivity contribution is 0.0929. The van der Waals surface area contributed by atoms with Crippen molar-refractivity contribution in [2.24, 2.45) is 0 Å². The number of hydrogen-bond acceptors (Lipinski definition) is 5. The Morgan fingerprint density at radius 2 is 2.15 bits per heavy atom. The number of rotatable bonds is 5. The number of hydrogen-bond donors (Lipinski definition) is 2. The molecule has 0 aliphatic carbocycles. The quantitative estimate of drug-likeness (QED) is 0.862. The van der Waals surface area contributed by atoms with E-state index in [1.54, 1.807) is 0 Å². The zero-order chi connectivity index (χ0) is 14.5. The van der Waals surface area contributed by atoms with Gasteiger partial charge < -0.3 is 10.1 Å². The molecule has 0 fully saturated rings. The molecule has 2 N–H and O–H groups in total. The van der Waals surface area contributed by atoms with Gasteiger partial charge >= 0.3 is 0 Å². The average molecular weight is 275 g/mol. The Bertz CT molecular complexity index is 568. The van der Waals surface area contributed by atoms with Crippen LogP contribution in [0, 0.1) is 0 Å². The minimum Gasteiger partial charge on any atom is -0.491 e. The second-order valence-electron chi connectivity index (χ2n) is 4.67. The van der Waals surface area contributed by atoms with E-state index in [4.69, 9.17) is 4.74 Å². The zero-order valence-corrected chi connectivity index (χ0v) is 11.6. The molecule has 2 aromatic rings. The number of nitrogens with one attached hydrogen (secondary N) is 2. The first-order valence-corrected chi connectivity index (χ1v) is 6.37. The van der Waals surface area contributed by atoms with Crippen LogP contribution in [0.5, 0.6) is 5.75 Å². The second kappa shape index (κ2) is 6.14. The monoisotopic (exact) mass is 275 g/mol. The molecule has 0 saturated carbocycles. The Morgan fingerprint density at radius 3 is 2.80 bits per heavy atom. The molecule has 1 amide bonds. The van der Waals surface area contributed by atoms with Crippen molar-refractivity contribution in [3.05, 3.63) is 35.7 Å². The summed E-state index contributed by atoms with van der Waals surface area (Å²) in [6, 6.07) is 7.42. The fourth-order valence-electron chi connectivity index (χ4n) is 1.73. The number of aromatic amines is 1. The van der Waals surface area contributed by atoms with E-state index in [0.29, 0.717) is 0 Å². The highest BCUT2D eigenvalue weighted by Crippen LogP contribution is 2.20. The largest absolute Gasteiger partial charge is 0.491 e. The van der Waals surface area contributed by atoms with Crippen LogP contribution in [0.15, 0.2) is 24.3 Å². The zero-order valence-electron chi connectivity index (χ0n) is 11.6. The highest BCUT2D eigenvalue weighted by molar-refractivity contribution is 5.90. The summed E-state index contributed by atoms with van der Waals surface area (Å²) >= 11 is 0. The summed E-state index contributed by atoms with van der Waals surface area (Å²) in [4.78, 5) is 11.8. The van der Waals surface area contributed by atoms with E-state index in [-0.39, 0.29) is 23.9 Å². The number of benzene rings is 1. The van der Waals surface area contributed by atoms with Crippen LogP contribution >= 0.6 is 0 Å². The van der Waals surface area contributed by atoms with Gasteiger partial charge in [0.15, 0.2) is 0 Å². The van der Waals surface area contributed by atoms with Crippen LogP contribution in [-0.4, -0.2) is 32.6 Å². The van der Waals surface area contributed by atoms with Gasteiger partial charge in [0.05, 0.1) is 12.1 Å². The minimum atomic E-state index is -0.374. The molecule has 1 heterocycles. The molecule has 1 aromatic heterocycles. The van der Waals surface area contributed by atoms with Crippen LogP contribution < -0.4 is 10.1 Å². The van der Waals surface area contributed by atoms with Gasteiger partial charge in [-0.3, -0.25) is 4.79 Å². The minimum absolute atomic E-state index is 0.0198. The van der Waals surface area contributed by atoms with Gasteiger partial charge in [0, 0.05) is 0 Å². The van der Waals surface area contributed by atoms with E-state index >= 15 is 0 Å². The van der Waals surface area contributed by atoms with Gasteiger partial charge in [-0.15, -0.1) is 10.2 Å². The maximum absolute atomic E-state index is 11.8. The molecule has 0 aliphatic rings. The lowest BCUT2D eigenvalue weighted by Gasteiger charge is -2.15. The molecule has 0 radical (unpaired) electrons. The number of H-pyrrole nitrogens is 1. The van der Waals surface area contributed by atoms with E-state index in [9.17, 15) is 4.79 Å². The normalized spacial score (nSPS) is 12.2. The van der Waals surface area contributed by atoms with E-state index in [1.807, 2.05) is 45.0 Å². The molecule has 7 heteroatoms. The number of nitrogens with zero attached hydrogens (tertiary/aromatic N) is 3. The summed E-state index contributed by atoms with van der Waals surface area (Å²) in [5, 5.41) is 15.7. The van der Waals surface area contributed by atoms with Gasteiger partial charge in [-0.1, -0.05) is 12.1 Å². The fraction of sp³-hybridized carbons (Fsp3) is 0.385. The molecular weight excluding hydrogens is 258 g/mol. The summed E-state index contributed by atoms with van der Waals surface area (Å²) in [7, 11) is 0. The first-order chi connectivity index (χ1) is 9.56. The number of carbonyl (C=O) groups is 1. The van der Waals surface area contributed by atoms with Gasteiger partial charge in [-0.2, -0.15) is 5.21 Å². The Labute approximate surface area is 116 Å². The lowest BCUT2D eigenvalue weighted by Crippen LogP contribution is -2.27. The van der Waals surface area contributed by atoms with Crippen molar-refractivity contribution in [1.82, 2.24) is 25.9 Å². The van der Waals surface area contributed by atoms with E-state index in [1.165, 1.54) is 0 Å². The van der Waals surface area contributed by atoms with E-state index < -0.39 is 0 Å². The number of tetrazole rings is 1. The van der Waals surface area contributed by atoms with Gasteiger partial charge in [0.25, 0.3) is 11.7 Å². The predicted molar refractivity (Wildman–Crippen MR) is 72.3 cm³/mol. The lowest BCUT2D eigenvalue weighted by atomic mass is 10.1. The third kappa shape index (κ3) is 3.53. The predicted octanol–water partition coefficient (Wildman–Crippen LogP) is 1.48. The number of amides is 1.